The summed E-state index contributed by atoms with van der Waals surface area (Å²) < 4.78 is 25.7. The van der Waals surface area contributed by atoms with E-state index in [2.05, 4.69) is 4.72 Å². The Hall–Kier alpha value is -0.960. The van der Waals surface area contributed by atoms with Gasteiger partial charge in [-0.1, -0.05) is 0 Å². The third kappa shape index (κ3) is 4.08. The molecule has 0 unspecified atom stereocenters. The summed E-state index contributed by atoms with van der Waals surface area (Å²) in [7, 11) is -3.60. The van der Waals surface area contributed by atoms with Crippen LogP contribution in [0.15, 0.2) is 16.3 Å². The van der Waals surface area contributed by atoms with Crippen LogP contribution in [0.2, 0.25) is 0 Å². The molecule has 0 bridgehead atoms. The van der Waals surface area contributed by atoms with Gasteiger partial charge in [-0.3, -0.25) is 0 Å². The van der Waals surface area contributed by atoms with E-state index in [-0.39, 0.29) is 17.2 Å². The van der Waals surface area contributed by atoms with Crippen molar-refractivity contribution >= 4 is 27.3 Å². The standard InChI is InChI=1S/C9H13NO5S2/c1-6-2-3-8(16-6)17(14,15)10-5-4-7(11)9(12)13/h2-3,7,10-11H,4-5H2,1H3,(H,12,13)/t7-/m0/s1. The van der Waals surface area contributed by atoms with Crippen LogP contribution in [0.3, 0.4) is 0 Å². The molecule has 0 amide bonds. The Morgan fingerprint density at radius 1 is 1.53 bits per heavy atom. The van der Waals surface area contributed by atoms with Gasteiger partial charge >= 0.3 is 5.97 Å². The molecule has 0 aromatic carbocycles. The molecular formula is C9H13NO5S2. The molecule has 0 spiro atoms. The lowest BCUT2D eigenvalue weighted by Crippen LogP contribution is -2.29. The highest BCUT2D eigenvalue weighted by atomic mass is 32.2. The first-order chi connectivity index (χ1) is 7.83. The van der Waals surface area contributed by atoms with Crippen LogP contribution in [0.5, 0.6) is 0 Å². The Kier molecular flexibility index (Phi) is 4.63. The Morgan fingerprint density at radius 2 is 2.18 bits per heavy atom. The molecule has 1 aromatic rings. The first kappa shape index (κ1) is 14.1. The fraction of sp³-hybridized carbons (Fsp3) is 0.444. The van der Waals surface area contributed by atoms with Gasteiger partial charge in [-0.25, -0.2) is 17.9 Å². The van der Waals surface area contributed by atoms with E-state index >= 15 is 0 Å². The van der Waals surface area contributed by atoms with Crippen molar-refractivity contribution in [2.75, 3.05) is 6.54 Å². The van der Waals surface area contributed by atoms with Gasteiger partial charge in [0.2, 0.25) is 10.0 Å². The Bertz CT molecular complexity index is 493. The van der Waals surface area contributed by atoms with Gasteiger partial charge < -0.3 is 10.2 Å². The summed E-state index contributed by atoms with van der Waals surface area (Å²) in [5, 5.41) is 17.4. The lowest BCUT2D eigenvalue weighted by molar-refractivity contribution is -0.146. The van der Waals surface area contributed by atoms with Crippen LogP contribution in [0.1, 0.15) is 11.3 Å². The fourth-order valence-corrected chi connectivity index (χ4v) is 3.46. The number of aliphatic hydroxyl groups is 1. The molecule has 1 atom stereocenters. The van der Waals surface area contributed by atoms with E-state index in [0.717, 1.165) is 16.2 Å². The van der Waals surface area contributed by atoms with E-state index < -0.39 is 22.1 Å². The molecule has 0 saturated heterocycles. The highest BCUT2D eigenvalue weighted by Crippen LogP contribution is 2.20. The second-order valence-electron chi connectivity index (χ2n) is 3.41. The molecule has 1 aromatic heterocycles. The topological polar surface area (TPSA) is 104 Å². The second kappa shape index (κ2) is 5.58. The molecule has 0 saturated carbocycles. The van der Waals surface area contributed by atoms with E-state index in [9.17, 15) is 13.2 Å². The van der Waals surface area contributed by atoms with Crippen molar-refractivity contribution in [3.63, 3.8) is 0 Å². The number of aryl methyl sites for hydroxylation is 1. The molecule has 0 aliphatic carbocycles. The summed E-state index contributed by atoms with van der Waals surface area (Å²) in [4.78, 5) is 11.2. The van der Waals surface area contributed by atoms with Crippen LogP contribution in [0, 0.1) is 6.92 Å². The molecule has 0 aliphatic heterocycles. The highest BCUT2D eigenvalue weighted by Gasteiger charge is 2.18. The minimum absolute atomic E-state index is 0.118. The number of thiophene rings is 1. The molecule has 3 N–H and O–H groups in total. The van der Waals surface area contributed by atoms with Crippen molar-refractivity contribution in [1.82, 2.24) is 4.72 Å². The van der Waals surface area contributed by atoms with E-state index in [1.165, 1.54) is 6.07 Å². The number of aliphatic carboxylic acids is 1. The van der Waals surface area contributed by atoms with Gasteiger partial charge in [0.15, 0.2) is 6.10 Å². The van der Waals surface area contributed by atoms with Gasteiger partial charge in [0, 0.05) is 11.4 Å². The Labute approximate surface area is 103 Å². The molecule has 96 valence electrons. The largest absolute Gasteiger partial charge is 0.479 e. The monoisotopic (exact) mass is 279 g/mol. The van der Waals surface area contributed by atoms with Gasteiger partial charge in [-0.05, 0) is 25.5 Å². The number of hydrogen-bond acceptors (Lipinski definition) is 5. The van der Waals surface area contributed by atoms with Crippen molar-refractivity contribution < 1.29 is 23.4 Å². The summed E-state index contributed by atoms with van der Waals surface area (Å²) in [6.07, 6.45) is -1.72. The third-order valence-electron chi connectivity index (χ3n) is 1.98. The molecule has 1 heterocycles. The first-order valence-corrected chi connectivity index (χ1v) is 7.10. The van der Waals surface area contributed by atoms with Gasteiger partial charge in [0.1, 0.15) is 4.21 Å². The van der Waals surface area contributed by atoms with Crippen LogP contribution < -0.4 is 4.72 Å². The van der Waals surface area contributed by atoms with Crippen molar-refractivity contribution in [2.24, 2.45) is 0 Å². The number of carboxylic acids is 1. The summed E-state index contributed by atoms with van der Waals surface area (Å²) in [6, 6.07) is 3.17. The fourth-order valence-electron chi connectivity index (χ4n) is 1.08. The number of rotatable bonds is 6. The van der Waals surface area contributed by atoms with Crippen molar-refractivity contribution in [2.45, 2.75) is 23.7 Å². The van der Waals surface area contributed by atoms with Crippen molar-refractivity contribution in [3.05, 3.63) is 17.0 Å². The minimum Gasteiger partial charge on any atom is -0.479 e. The van der Waals surface area contributed by atoms with Crippen LogP contribution in [-0.2, 0) is 14.8 Å². The lowest BCUT2D eigenvalue weighted by Gasteiger charge is -2.06. The van der Waals surface area contributed by atoms with E-state index in [0.29, 0.717) is 0 Å². The summed E-state index contributed by atoms with van der Waals surface area (Å²) in [5.74, 6) is -1.36. The van der Waals surface area contributed by atoms with Gasteiger partial charge in [0.25, 0.3) is 0 Å². The van der Waals surface area contributed by atoms with Gasteiger partial charge in [-0.15, -0.1) is 11.3 Å². The number of hydrogen-bond donors (Lipinski definition) is 3. The summed E-state index contributed by atoms with van der Waals surface area (Å²) in [5.41, 5.74) is 0. The third-order valence-corrected chi connectivity index (χ3v) is 4.93. The average Bonchev–Trinajstić information content (AvgIpc) is 2.65. The van der Waals surface area contributed by atoms with Crippen molar-refractivity contribution in [1.29, 1.82) is 0 Å². The molecular weight excluding hydrogens is 266 g/mol. The SMILES string of the molecule is Cc1ccc(S(=O)(=O)NCC[C@H](O)C(=O)O)s1. The van der Waals surface area contributed by atoms with E-state index in [1.807, 2.05) is 0 Å². The predicted octanol–water partition coefficient (Wildman–Crippen LogP) is 0.170. The minimum atomic E-state index is -3.60. The zero-order valence-electron chi connectivity index (χ0n) is 9.08. The second-order valence-corrected chi connectivity index (χ2v) is 6.69. The molecule has 17 heavy (non-hydrogen) atoms. The highest BCUT2D eigenvalue weighted by molar-refractivity contribution is 7.91. The molecule has 0 radical (unpaired) electrons. The van der Waals surface area contributed by atoms with Crippen LogP contribution in [-0.4, -0.2) is 37.2 Å². The first-order valence-electron chi connectivity index (χ1n) is 4.80. The lowest BCUT2D eigenvalue weighted by atomic mass is 10.3. The van der Waals surface area contributed by atoms with Gasteiger partial charge in [-0.2, -0.15) is 0 Å². The maximum absolute atomic E-state index is 11.7. The Balaban J connectivity index is 2.54. The van der Waals surface area contributed by atoms with Crippen LogP contribution in [0.25, 0.3) is 0 Å². The molecule has 8 heteroatoms. The van der Waals surface area contributed by atoms with E-state index in [1.54, 1.807) is 13.0 Å². The van der Waals surface area contributed by atoms with Crippen LogP contribution >= 0.6 is 11.3 Å². The predicted molar refractivity (Wildman–Crippen MR) is 62.5 cm³/mol. The Morgan fingerprint density at radius 3 is 2.65 bits per heavy atom. The quantitative estimate of drug-likeness (QED) is 0.688. The van der Waals surface area contributed by atoms with E-state index in [4.69, 9.17) is 10.2 Å². The molecule has 0 aliphatic rings. The number of nitrogens with one attached hydrogen (secondary N) is 1. The average molecular weight is 279 g/mol. The maximum atomic E-state index is 11.7. The summed E-state index contributed by atoms with van der Waals surface area (Å²) in [6.45, 7) is 1.67. The molecule has 6 nitrogen and oxygen atoms in total. The van der Waals surface area contributed by atoms with Crippen molar-refractivity contribution in [3.8, 4) is 0 Å². The van der Waals surface area contributed by atoms with Crippen LogP contribution in [0.4, 0.5) is 0 Å². The molecule has 0 fully saturated rings. The maximum Gasteiger partial charge on any atom is 0.332 e. The smallest absolute Gasteiger partial charge is 0.332 e. The number of sulfonamides is 1. The number of carbonyl (C=O) groups is 1. The summed E-state index contributed by atoms with van der Waals surface area (Å²) >= 11 is 1.13. The molecule has 1 rings (SSSR count). The zero-order chi connectivity index (χ0) is 13.1. The normalized spacial score (nSPS) is 13.5. The number of aliphatic hydroxyl groups excluding tert-OH is 1. The zero-order valence-corrected chi connectivity index (χ0v) is 10.7. The van der Waals surface area contributed by atoms with Gasteiger partial charge in [0.05, 0.1) is 0 Å². The number of carboxylic acid groups (broad SMARTS) is 1.